The first-order chi connectivity index (χ1) is 11.0. The van der Waals surface area contributed by atoms with Crippen LogP contribution in [0, 0.1) is 12.8 Å². The van der Waals surface area contributed by atoms with Gasteiger partial charge in [0.05, 0.1) is 6.04 Å². The molecule has 1 saturated heterocycles. The molecule has 0 bridgehead atoms. The van der Waals surface area contributed by atoms with Gasteiger partial charge in [0.25, 0.3) is 0 Å². The predicted molar refractivity (Wildman–Crippen MR) is 93.0 cm³/mol. The third-order valence-electron chi connectivity index (χ3n) is 3.68. The van der Waals surface area contributed by atoms with Crippen molar-refractivity contribution < 1.29 is 9.18 Å². The highest BCUT2D eigenvalue weighted by Crippen LogP contribution is 2.26. The van der Waals surface area contributed by atoms with Crippen molar-refractivity contribution in [3.8, 4) is 0 Å². The van der Waals surface area contributed by atoms with Gasteiger partial charge in [0.15, 0.2) is 0 Å². The number of halogens is 2. The lowest BCUT2D eigenvalue weighted by Gasteiger charge is -2.18. The van der Waals surface area contributed by atoms with Crippen LogP contribution in [0.4, 0.5) is 10.1 Å². The van der Waals surface area contributed by atoms with E-state index in [-0.39, 0.29) is 11.7 Å². The first-order valence-corrected chi connectivity index (χ1v) is 7.84. The molecule has 5 heteroatoms. The maximum Gasteiger partial charge on any atom is 0.242 e. The van der Waals surface area contributed by atoms with E-state index in [1.165, 1.54) is 18.2 Å². The second-order valence-electron chi connectivity index (χ2n) is 5.54. The first kappa shape index (κ1) is 17.4. The molecule has 2 atom stereocenters. The van der Waals surface area contributed by atoms with Crippen molar-refractivity contribution in [2.75, 3.05) is 11.9 Å². The number of carbonyl (C=O) groups excluding carboxylic acids is 1. The molecule has 0 saturated carbocycles. The van der Waals surface area contributed by atoms with E-state index in [2.05, 4.69) is 17.2 Å². The first-order valence-electron chi connectivity index (χ1n) is 7.46. The number of hydrogen-bond acceptors (Lipinski definition) is 2. The summed E-state index contributed by atoms with van der Waals surface area (Å²) in [4.78, 5) is 12.4. The molecule has 1 aliphatic rings. The van der Waals surface area contributed by atoms with Gasteiger partial charge < -0.3 is 10.6 Å². The van der Waals surface area contributed by atoms with Crippen LogP contribution in [0.1, 0.15) is 12.0 Å². The van der Waals surface area contributed by atoms with Crippen molar-refractivity contribution in [1.29, 1.82) is 0 Å². The number of carbonyl (C=O) groups is 1. The predicted octanol–water partition coefficient (Wildman–Crippen LogP) is 4.07. The van der Waals surface area contributed by atoms with Crippen molar-refractivity contribution in [3.05, 3.63) is 65.5 Å². The van der Waals surface area contributed by atoms with Crippen LogP contribution < -0.4 is 10.6 Å². The fraction of sp³-hybridized carbons (Fsp3) is 0.278. The normalized spacial score (nSPS) is 21.6. The van der Waals surface area contributed by atoms with E-state index in [0.717, 1.165) is 5.56 Å². The van der Waals surface area contributed by atoms with Crippen molar-refractivity contribution in [2.45, 2.75) is 19.4 Å². The molecule has 0 radical (unpaired) electrons. The average Bonchev–Trinajstić information content (AvgIpc) is 2.96. The molecule has 0 aliphatic carbocycles. The highest BCUT2D eigenvalue weighted by molar-refractivity contribution is 6.30. The number of hydrogen-bond donors (Lipinski definition) is 2. The summed E-state index contributed by atoms with van der Waals surface area (Å²) >= 11 is 5.59. The van der Waals surface area contributed by atoms with Gasteiger partial charge >= 0.3 is 0 Å². The van der Waals surface area contributed by atoms with E-state index in [1.54, 1.807) is 0 Å². The molecule has 1 aromatic carbocycles. The molecule has 1 heterocycles. The quantitative estimate of drug-likeness (QED) is 0.797. The van der Waals surface area contributed by atoms with Crippen LogP contribution in [0.25, 0.3) is 0 Å². The van der Waals surface area contributed by atoms with Crippen molar-refractivity contribution in [3.63, 3.8) is 0 Å². The molecule has 122 valence electrons. The van der Waals surface area contributed by atoms with Crippen molar-refractivity contribution >= 4 is 23.2 Å². The molecular formula is C18H20ClFN2O. The Morgan fingerprint density at radius 2 is 2.30 bits per heavy atom. The van der Waals surface area contributed by atoms with Gasteiger partial charge in [0, 0.05) is 16.6 Å². The van der Waals surface area contributed by atoms with Gasteiger partial charge in [-0.3, -0.25) is 4.79 Å². The van der Waals surface area contributed by atoms with Gasteiger partial charge in [0.1, 0.15) is 5.83 Å². The molecule has 2 unspecified atom stereocenters. The molecule has 23 heavy (non-hydrogen) atoms. The Hall–Kier alpha value is -1.91. The van der Waals surface area contributed by atoms with E-state index >= 15 is 0 Å². The summed E-state index contributed by atoms with van der Waals surface area (Å²) in [5.74, 6) is -1.05. The number of anilines is 1. The van der Waals surface area contributed by atoms with Gasteiger partial charge in [-0.15, -0.1) is 0 Å². The van der Waals surface area contributed by atoms with E-state index in [9.17, 15) is 9.18 Å². The van der Waals surface area contributed by atoms with Gasteiger partial charge in [-0.05, 0) is 49.7 Å². The Labute approximate surface area is 140 Å². The van der Waals surface area contributed by atoms with Crippen LogP contribution in [0.15, 0.2) is 59.9 Å². The molecule has 1 aromatic rings. The van der Waals surface area contributed by atoms with E-state index in [1.807, 2.05) is 31.2 Å². The third kappa shape index (κ3) is 5.05. The summed E-state index contributed by atoms with van der Waals surface area (Å²) in [5.41, 5.74) is 1.77. The lowest BCUT2D eigenvalue weighted by atomic mass is 9.98. The molecule has 1 aliphatic heterocycles. The Morgan fingerprint density at radius 1 is 1.52 bits per heavy atom. The number of aryl methyl sites for hydroxylation is 1. The standard InChI is InChI=1S/C18H20ClFN2O/c1-12-5-3-7-14(11-12)22-18(23)17-15(9-10-21-17)16(20)8-4-6-13(2)19/h3-8,11,15,17,21H,2,9-10H2,1H3,(H,22,23)/b6-4-,16-8-. The molecule has 2 N–H and O–H groups in total. The summed E-state index contributed by atoms with van der Waals surface area (Å²) in [6.45, 7) is 6.05. The van der Waals surface area contributed by atoms with Crippen LogP contribution in [0.2, 0.25) is 0 Å². The van der Waals surface area contributed by atoms with E-state index in [0.29, 0.717) is 23.7 Å². The zero-order chi connectivity index (χ0) is 16.8. The lowest BCUT2D eigenvalue weighted by molar-refractivity contribution is -0.118. The maximum absolute atomic E-state index is 14.3. The number of amides is 1. The maximum atomic E-state index is 14.3. The van der Waals surface area contributed by atoms with Crippen LogP contribution in [-0.4, -0.2) is 18.5 Å². The smallest absolute Gasteiger partial charge is 0.242 e. The Bertz CT molecular complexity index is 654. The summed E-state index contributed by atoms with van der Waals surface area (Å²) in [7, 11) is 0. The Balaban J connectivity index is 2.05. The highest BCUT2D eigenvalue weighted by atomic mass is 35.5. The fourth-order valence-corrected chi connectivity index (χ4v) is 2.66. The molecule has 1 fully saturated rings. The van der Waals surface area contributed by atoms with Crippen molar-refractivity contribution in [1.82, 2.24) is 5.32 Å². The summed E-state index contributed by atoms with van der Waals surface area (Å²) < 4.78 is 14.3. The van der Waals surface area contributed by atoms with Gasteiger partial charge in [-0.2, -0.15) is 0 Å². The number of benzene rings is 1. The third-order valence-corrected chi connectivity index (χ3v) is 3.80. The number of nitrogens with one attached hydrogen (secondary N) is 2. The zero-order valence-corrected chi connectivity index (χ0v) is 13.7. The number of rotatable bonds is 5. The molecular weight excluding hydrogens is 315 g/mol. The molecule has 0 spiro atoms. The largest absolute Gasteiger partial charge is 0.325 e. The fourth-order valence-electron chi connectivity index (χ4n) is 2.59. The van der Waals surface area contributed by atoms with Crippen LogP contribution >= 0.6 is 11.6 Å². The lowest BCUT2D eigenvalue weighted by Crippen LogP contribution is -2.40. The Kier molecular flexibility index (Phi) is 6.13. The summed E-state index contributed by atoms with van der Waals surface area (Å²) in [6.07, 6.45) is 4.91. The Morgan fingerprint density at radius 3 is 3.00 bits per heavy atom. The van der Waals surface area contributed by atoms with Gasteiger partial charge in [-0.1, -0.05) is 36.4 Å². The molecule has 1 amide bonds. The van der Waals surface area contributed by atoms with E-state index < -0.39 is 12.0 Å². The minimum absolute atomic E-state index is 0.229. The van der Waals surface area contributed by atoms with Crippen LogP contribution in [-0.2, 0) is 4.79 Å². The highest BCUT2D eigenvalue weighted by Gasteiger charge is 2.35. The van der Waals surface area contributed by atoms with Crippen LogP contribution in [0.3, 0.4) is 0 Å². The average molecular weight is 335 g/mol. The molecule has 0 aromatic heterocycles. The molecule has 2 rings (SSSR count). The second kappa shape index (κ2) is 8.09. The number of allylic oxidation sites excluding steroid dienone is 4. The van der Waals surface area contributed by atoms with Crippen LogP contribution in [0.5, 0.6) is 0 Å². The zero-order valence-electron chi connectivity index (χ0n) is 13.0. The summed E-state index contributed by atoms with van der Waals surface area (Å²) in [6, 6.07) is 6.93. The molecule has 3 nitrogen and oxygen atoms in total. The minimum Gasteiger partial charge on any atom is -0.325 e. The summed E-state index contributed by atoms with van der Waals surface area (Å²) in [5, 5.41) is 6.22. The SMILES string of the molecule is C=C(Cl)/C=C\C=C(/F)C1CCNC1C(=O)Nc1cccc(C)c1. The minimum atomic E-state index is -0.584. The van der Waals surface area contributed by atoms with Crippen molar-refractivity contribution in [2.24, 2.45) is 5.92 Å². The van der Waals surface area contributed by atoms with Gasteiger partial charge in [-0.25, -0.2) is 4.39 Å². The van der Waals surface area contributed by atoms with Gasteiger partial charge in [0.2, 0.25) is 5.91 Å². The topological polar surface area (TPSA) is 41.1 Å². The van der Waals surface area contributed by atoms with E-state index in [4.69, 9.17) is 11.6 Å². The monoisotopic (exact) mass is 334 g/mol. The second-order valence-corrected chi connectivity index (χ2v) is 6.03.